The topological polar surface area (TPSA) is 61.0 Å². The van der Waals surface area contributed by atoms with Crippen LogP contribution in [0.5, 0.6) is 5.75 Å². The van der Waals surface area contributed by atoms with Gasteiger partial charge >= 0.3 is 6.61 Å². The molecule has 0 amide bonds. The molecule has 0 bridgehead atoms. The summed E-state index contributed by atoms with van der Waals surface area (Å²) in [5.74, 6) is 0.206. The molecule has 0 aliphatic rings. The summed E-state index contributed by atoms with van der Waals surface area (Å²) in [4.78, 5) is 7.74. The third-order valence-corrected chi connectivity index (χ3v) is 2.03. The van der Waals surface area contributed by atoms with Crippen LogP contribution in [0.2, 0.25) is 0 Å². The van der Waals surface area contributed by atoms with E-state index in [4.69, 9.17) is 5.73 Å². The molecule has 88 valence electrons. The molecule has 0 atom stereocenters. The van der Waals surface area contributed by atoms with Crippen LogP contribution in [0.3, 0.4) is 0 Å². The number of anilines is 1. The van der Waals surface area contributed by atoms with E-state index in [0.717, 1.165) is 0 Å². The Morgan fingerprint density at radius 1 is 1.24 bits per heavy atom. The fraction of sp³-hybridized carbons (Fsp3) is 0.0909. The minimum Gasteiger partial charge on any atom is -0.435 e. The van der Waals surface area contributed by atoms with Crippen molar-refractivity contribution < 1.29 is 13.5 Å². The molecule has 2 N–H and O–H groups in total. The normalized spacial score (nSPS) is 10.5. The van der Waals surface area contributed by atoms with E-state index >= 15 is 0 Å². The molecule has 6 heteroatoms. The molecule has 0 aliphatic carbocycles. The summed E-state index contributed by atoms with van der Waals surface area (Å²) in [6.45, 7) is -2.85. The second-order valence-corrected chi connectivity index (χ2v) is 3.21. The number of hydrogen-bond donors (Lipinski definition) is 1. The Balaban J connectivity index is 2.33. The first-order chi connectivity index (χ1) is 8.15. The first-order valence-electron chi connectivity index (χ1n) is 4.79. The third-order valence-electron chi connectivity index (χ3n) is 2.03. The predicted octanol–water partition coefficient (Wildman–Crippen LogP) is 2.33. The van der Waals surface area contributed by atoms with Gasteiger partial charge in [-0.1, -0.05) is 12.1 Å². The van der Waals surface area contributed by atoms with Crippen molar-refractivity contribution in [1.82, 2.24) is 9.97 Å². The van der Waals surface area contributed by atoms with Crippen molar-refractivity contribution in [2.45, 2.75) is 6.61 Å². The van der Waals surface area contributed by atoms with Gasteiger partial charge in [-0.15, -0.1) is 0 Å². The maximum absolute atomic E-state index is 12.1. The SMILES string of the molecule is Nc1nccc(-c2cccc(OC(F)F)c2)n1. The van der Waals surface area contributed by atoms with Gasteiger partial charge in [0, 0.05) is 11.8 Å². The molecule has 0 fully saturated rings. The first-order valence-corrected chi connectivity index (χ1v) is 4.79. The molecule has 0 spiro atoms. The minimum atomic E-state index is -2.85. The summed E-state index contributed by atoms with van der Waals surface area (Å²) < 4.78 is 28.4. The highest BCUT2D eigenvalue weighted by Gasteiger charge is 2.06. The Labute approximate surface area is 96.1 Å². The molecular weight excluding hydrogens is 228 g/mol. The molecule has 1 aromatic heterocycles. The van der Waals surface area contributed by atoms with Crippen LogP contribution in [0.1, 0.15) is 0 Å². The van der Waals surface area contributed by atoms with E-state index in [1.807, 2.05) is 0 Å². The van der Waals surface area contributed by atoms with Crippen LogP contribution in [0.25, 0.3) is 11.3 Å². The summed E-state index contributed by atoms with van der Waals surface area (Å²) in [5.41, 5.74) is 6.63. The zero-order chi connectivity index (χ0) is 12.3. The Morgan fingerprint density at radius 3 is 2.76 bits per heavy atom. The van der Waals surface area contributed by atoms with Crippen molar-refractivity contribution in [3.8, 4) is 17.0 Å². The lowest BCUT2D eigenvalue weighted by Crippen LogP contribution is -2.02. The Bertz CT molecular complexity index is 520. The Kier molecular flexibility index (Phi) is 3.13. The van der Waals surface area contributed by atoms with E-state index in [0.29, 0.717) is 11.3 Å². The summed E-state index contributed by atoms with van der Waals surface area (Å²) in [6.07, 6.45) is 1.50. The predicted molar refractivity (Wildman–Crippen MR) is 58.5 cm³/mol. The summed E-state index contributed by atoms with van der Waals surface area (Å²) >= 11 is 0. The molecule has 17 heavy (non-hydrogen) atoms. The highest BCUT2D eigenvalue weighted by Crippen LogP contribution is 2.23. The van der Waals surface area contributed by atoms with E-state index in [9.17, 15) is 8.78 Å². The second kappa shape index (κ2) is 4.73. The third kappa shape index (κ3) is 2.87. The molecule has 4 nitrogen and oxygen atoms in total. The van der Waals surface area contributed by atoms with E-state index in [2.05, 4.69) is 14.7 Å². The van der Waals surface area contributed by atoms with Crippen LogP contribution < -0.4 is 10.5 Å². The van der Waals surface area contributed by atoms with Gasteiger partial charge in [0.15, 0.2) is 0 Å². The second-order valence-electron chi connectivity index (χ2n) is 3.21. The number of nitrogens with two attached hydrogens (primary N) is 1. The number of nitrogens with zero attached hydrogens (tertiary/aromatic N) is 2. The molecule has 0 radical (unpaired) electrons. The van der Waals surface area contributed by atoms with Crippen molar-refractivity contribution in [3.05, 3.63) is 36.5 Å². The molecule has 2 rings (SSSR count). The average Bonchev–Trinajstić information content (AvgIpc) is 2.28. The maximum atomic E-state index is 12.1. The van der Waals surface area contributed by atoms with Gasteiger partial charge in [0.2, 0.25) is 5.95 Å². The molecule has 0 aliphatic heterocycles. The van der Waals surface area contributed by atoms with Crippen LogP contribution in [0, 0.1) is 0 Å². The van der Waals surface area contributed by atoms with Gasteiger partial charge in [0.1, 0.15) is 5.75 Å². The number of aromatic nitrogens is 2. The van der Waals surface area contributed by atoms with Gasteiger partial charge in [-0.05, 0) is 18.2 Å². The number of ether oxygens (including phenoxy) is 1. The minimum absolute atomic E-state index is 0.0784. The standard InChI is InChI=1S/C11H9F2N3O/c12-10(13)17-8-3-1-2-7(6-8)9-4-5-15-11(14)16-9/h1-6,10H,(H2,14,15,16). The number of benzene rings is 1. The van der Waals surface area contributed by atoms with Gasteiger partial charge in [0.05, 0.1) is 5.69 Å². The van der Waals surface area contributed by atoms with Crippen molar-refractivity contribution >= 4 is 5.95 Å². The Hall–Kier alpha value is -2.24. The monoisotopic (exact) mass is 237 g/mol. The molecule has 0 unspecified atom stereocenters. The number of halogens is 2. The highest BCUT2D eigenvalue weighted by atomic mass is 19.3. The zero-order valence-electron chi connectivity index (χ0n) is 8.68. The highest BCUT2D eigenvalue weighted by molar-refractivity contribution is 5.61. The molecule has 0 saturated carbocycles. The molecule has 0 saturated heterocycles. The average molecular weight is 237 g/mol. The van der Waals surface area contributed by atoms with Crippen LogP contribution in [-0.4, -0.2) is 16.6 Å². The van der Waals surface area contributed by atoms with Crippen molar-refractivity contribution in [2.75, 3.05) is 5.73 Å². The number of nitrogen functional groups attached to an aromatic ring is 1. The van der Waals surface area contributed by atoms with Gasteiger partial charge in [0.25, 0.3) is 0 Å². The fourth-order valence-electron chi connectivity index (χ4n) is 1.37. The van der Waals surface area contributed by atoms with Crippen LogP contribution >= 0.6 is 0 Å². The van der Waals surface area contributed by atoms with E-state index in [1.54, 1.807) is 18.2 Å². The largest absolute Gasteiger partial charge is 0.435 e. The smallest absolute Gasteiger partial charge is 0.387 e. The molecular formula is C11H9F2N3O. The van der Waals surface area contributed by atoms with Crippen LogP contribution in [0.15, 0.2) is 36.5 Å². The lowest BCUT2D eigenvalue weighted by atomic mass is 10.1. The zero-order valence-corrected chi connectivity index (χ0v) is 8.68. The van der Waals surface area contributed by atoms with Gasteiger partial charge in [-0.3, -0.25) is 0 Å². The number of hydrogen-bond acceptors (Lipinski definition) is 4. The van der Waals surface area contributed by atoms with Crippen molar-refractivity contribution in [2.24, 2.45) is 0 Å². The molecule has 2 aromatic rings. The van der Waals surface area contributed by atoms with Crippen LogP contribution in [-0.2, 0) is 0 Å². The lowest BCUT2D eigenvalue weighted by molar-refractivity contribution is -0.0498. The van der Waals surface area contributed by atoms with Crippen molar-refractivity contribution in [3.63, 3.8) is 0 Å². The number of alkyl halides is 2. The summed E-state index contributed by atoms with van der Waals surface area (Å²) in [7, 11) is 0. The summed E-state index contributed by atoms with van der Waals surface area (Å²) in [6, 6.07) is 7.87. The lowest BCUT2D eigenvalue weighted by Gasteiger charge is -2.06. The fourth-order valence-corrected chi connectivity index (χ4v) is 1.37. The number of rotatable bonds is 3. The molecule has 1 aromatic carbocycles. The quantitative estimate of drug-likeness (QED) is 0.889. The summed E-state index contributed by atoms with van der Waals surface area (Å²) in [5, 5.41) is 0. The Morgan fingerprint density at radius 2 is 2.06 bits per heavy atom. The van der Waals surface area contributed by atoms with Gasteiger partial charge < -0.3 is 10.5 Å². The van der Waals surface area contributed by atoms with E-state index in [-0.39, 0.29) is 11.7 Å². The first kappa shape index (κ1) is 11.3. The van der Waals surface area contributed by atoms with Crippen LogP contribution in [0.4, 0.5) is 14.7 Å². The van der Waals surface area contributed by atoms with E-state index in [1.165, 1.54) is 18.3 Å². The molecule has 1 heterocycles. The van der Waals surface area contributed by atoms with Crippen molar-refractivity contribution in [1.29, 1.82) is 0 Å². The van der Waals surface area contributed by atoms with Gasteiger partial charge in [-0.2, -0.15) is 8.78 Å². The van der Waals surface area contributed by atoms with E-state index < -0.39 is 6.61 Å². The van der Waals surface area contributed by atoms with Gasteiger partial charge in [-0.25, -0.2) is 9.97 Å². The maximum Gasteiger partial charge on any atom is 0.387 e.